The monoisotopic (exact) mass is 185 g/mol. The van der Waals surface area contributed by atoms with Gasteiger partial charge in [-0.15, -0.1) is 0 Å². The first-order valence-corrected chi connectivity index (χ1v) is 3.54. The van der Waals surface area contributed by atoms with Gasteiger partial charge in [0.25, 0.3) is 5.95 Å². The van der Waals surface area contributed by atoms with Crippen LogP contribution in [0.2, 0.25) is 0 Å². The van der Waals surface area contributed by atoms with Gasteiger partial charge in [-0.05, 0) is 12.1 Å². The lowest BCUT2D eigenvalue weighted by Gasteiger charge is -1.99. The molecule has 70 valence electrons. The van der Waals surface area contributed by atoms with Gasteiger partial charge in [0.05, 0.1) is 19.2 Å². The Morgan fingerprint density at radius 3 is 2.92 bits per heavy atom. The topological polar surface area (TPSA) is 59.4 Å². The van der Waals surface area contributed by atoms with E-state index < -0.39 is 17.7 Å². The number of rotatable bonds is 2. The van der Waals surface area contributed by atoms with E-state index in [-0.39, 0.29) is 12.1 Å². The summed E-state index contributed by atoms with van der Waals surface area (Å²) in [6.07, 6.45) is -0.103. The second-order valence-electron chi connectivity index (χ2n) is 2.37. The van der Waals surface area contributed by atoms with Crippen molar-refractivity contribution in [2.24, 2.45) is 0 Å². The Morgan fingerprint density at radius 2 is 2.38 bits per heavy atom. The molecule has 0 fully saturated rings. The van der Waals surface area contributed by atoms with Crippen molar-refractivity contribution in [3.05, 3.63) is 23.8 Å². The number of carbonyl (C=O) groups excluding carboxylic acids is 1. The van der Waals surface area contributed by atoms with Crippen molar-refractivity contribution in [2.45, 2.75) is 6.42 Å². The minimum absolute atomic E-state index is 0.103. The summed E-state index contributed by atoms with van der Waals surface area (Å²) in [7, 11) is 1.24. The number of hydrogen-bond acceptors (Lipinski definition) is 4. The molecule has 0 saturated heterocycles. The van der Waals surface area contributed by atoms with Gasteiger partial charge in [-0.3, -0.25) is 4.79 Å². The average molecular weight is 185 g/mol. The van der Waals surface area contributed by atoms with Crippen LogP contribution in [0.5, 0.6) is 5.75 Å². The molecule has 0 aromatic carbocycles. The number of pyridine rings is 1. The van der Waals surface area contributed by atoms with E-state index in [4.69, 9.17) is 5.11 Å². The fraction of sp³-hybridized carbons (Fsp3) is 0.250. The molecule has 0 aliphatic rings. The van der Waals surface area contributed by atoms with Gasteiger partial charge in [0.2, 0.25) is 0 Å². The molecule has 0 aliphatic carbocycles. The molecule has 0 unspecified atom stereocenters. The highest BCUT2D eigenvalue weighted by Crippen LogP contribution is 2.12. The second kappa shape index (κ2) is 3.84. The molecular weight excluding hydrogens is 177 g/mol. The maximum absolute atomic E-state index is 12.6. The third kappa shape index (κ3) is 2.40. The van der Waals surface area contributed by atoms with Crippen LogP contribution in [0.25, 0.3) is 0 Å². The fourth-order valence-corrected chi connectivity index (χ4v) is 0.783. The van der Waals surface area contributed by atoms with Crippen molar-refractivity contribution >= 4 is 5.97 Å². The summed E-state index contributed by atoms with van der Waals surface area (Å²) in [4.78, 5) is 14.1. The Bertz CT molecular complexity index is 327. The van der Waals surface area contributed by atoms with Crippen LogP contribution in [0.4, 0.5) is 4.39 Å². The summed E-state index contributed by atoms with van der Waals surface area (Å²) < 4.78 is 17.0. The van der Waals surface area contributed by atoms with E-state index in [1.807, 2.05) is 0 Å². The van der Waals surface area contributed by atoms with E-state index in [1.54, 1.807) is 0 Å². The lowest BCUT2D eigenvalue weighted by Crippen LogP contribution is -2.06. The highest BCUT2D eigenvalue weighted by molar-refractivity contribution is 5.71. The molecule has 0 bridgehead atoms. The third-order valence-corrected chi connectivity index (χ3v) is 1.44. The van der Waals surface area contributed by atoms with Crippen molar-refractivity contribution < 1.29 is 19.0 Å². The lowest BCUT2D eigenvalue weighted by molar-refractivity contribution is -0.139. The Hall–Kier alpha value is -1.65. The zero-order valence-electron chi connectivity index (χ0n) is 6.95. The van der Waals surface area contributed by atoms with Crippen molar-refractivity contribution in [3.63, 3.8) is 0 Å². The molecule has 1 aromatic heterocycles. The number of aromatic hydroxyl groups is 1. The third-order valence-electron chi connectivity index (χ3n) is 1.44. The number of esters is 1. The van der Waals surface area contributed by atoms with Gasteiger partial charge in [-0.25, -0.2) is 4.98 Å². The molecule has 4 nitrogen and oxygen atoms in total. The number of aromatic nitrogens is 1. The first kappa shape index (κ1) is 9.44. The Balaban J connectivity index is 2.79. The molecule has 1 N–H and O–H groups in total. The van der Waals surface area contributed by atoms with E-state index >= 15 is 0 Å². The Morgan fingerprint density at radius 1 is 1.69 bits per heavy atom. The fourth-order valence-electron chi connectivity index (χ4n) is 0.783. The van der Waals surface area contributed by atoms with Gasteiger partial charge in [0.15, 0.2) is 5.75 Å². The van der Waals surface area contributed by atoms with Crippen LogP contribution < -0.4 is 0 Å². The van der Waals surface area contributed by atoms with E-state index in [0.29, 0.717) is 0 Å². The SMILES string of the molecule is COC(=O)Cc1ccc(O)c(F)n1. The average Bonchev–Trinajstić information content (AvgIpc) is 2.11. The number of carbonyl (C=O) groups is 1. The Kier molecular flexibility index (Phi) is 2.79. The minimum atomic E-state index is -0.985. The number of halogens is 1. The van der Waals surface area contributed by atoms with Crippen molar-refractivity contribution in [1.29, 1.82) is 0 Å². The predicted molar refractivity (Wildman–Crippen MR) is 41.6 cm³/mol. The van der Waals surface area contributed by atoms with Crippen LogP contribution in [0.15, 0.2) is 12.1 Å². The largest absolute Gasteiger partial charge is 0.504 e. The second-order valence-corrected chi connectivity index (χ2v) is 2.37. The normalized spacial score (nSPS) is 9.69. The highest BCUT2D eigenvalue weighted by atomic mass is 19.1. The molecule has 0 spiro atoms. The summed E-state index contributed by atoms with van der Waals surface area (Å²) in [5.74, 6) is -2.02. The maximum atomic E-state index is 12.6. The smallest absolute Gasteiger partial charge is 0.311 e. The first-order chi connectivity index (χ1) is 6.13. The van der Waals surface area contributed by atoms with Crippen molar-refractivity contribution in [3.8, 4) is 5.75 Å². The highest BCUT2D eigenvalue weighted by Gasteiger charge is 2.07. The summed E-state index contributed by atoms with van der Waals surface area (Å²) in [5.41, 5.74) is 0.224. The quantitative estimate of drug-likeness (QED) is 0.542. The minimum Gasteiger partial charge on any atom is -0.504 e. The van der Waals surface area contributed by atoms with Gasteiger partial charge in [0, 0.05) is 0 Å². The summed E-state index contributed by atoms with van der Waals surface area (Å²) >= 11 is 0. The van der Waals surface area contributed by atoms with Crippen molar-refractivity contribution in [2.75, 3.05) is 7.11 Å². The number of methoxy groups -OCH3 is 1. The molecule has 0 saturated carbocycles. The van der Waals surface area contributed by atoms with E-state index in [1.165, 1.54) is 13.2 Å². The van der Waals surface area contributed by atoms with Gasteiger partial charge < -0.3 is 9.84 Å². The van der Waals surface area contributed by atoms with E-state index in [0.717, 1.165) is 6.07 Å². The van der Waals surface area contributed by atoms with Crippen LogP contribution >= 0.6 is 0 Å². The first-order valence-electron chi connectivity index (χ1n) is 3.54. The van der Waals surface area contributed by atoms with Crippen LogP contribution in [-0.2, 0) is 16.0 Å². The predicted octanol–water partition coefficient (Wildman–Crippen LogP) is 0.642. The van der Waals surface area contributed by atoms with Crippen LogP contribution in [0.1, 0.15) is 5.69 Å². The molecule has 0 aliphatic heterocycles. The van der Waals surface area contributed by atoms with E-state index in [2.05, 4.69) is 9.72 Å². The van der Waals surface area contributed by atoms with Gasteiger partial charge in [-0.1, -0.05) is 0 Å². The summed E-state index contributed by atoms with van der Waals surface area (Å²) in [6, 6.07) is 2.50. The number of ether oxygens (including phenoxy) is 1. The molecule has 5 heteroatoms. The molecular formula is C8H8FNO3. The molecule has 1 rings (SSSR count). The molecule has 1 aromatic rings. The summed E-state index contributed by atoms with van der Waals surface area (Å²) in [6.45, 7) is 0. The number of hydrogen-bond donors (Lipinski definition) is 1. The zero-order chi connectivity index (χ0) is 9.84. The van der Waals surface area contributed by atoms with E-state index in [9.17, 15) is 9.18 Å². The van der Waals surface area contributed by atoms with Crippen LogP contribution in [0, 0.1) is 5.95 Å². The van der Waals surface area contributed by atoms with Crippen LogP contribution in [-0.4, -0.2) is 23.2 Å². The molecule has 0 amide bonds. The molecule has 13 heavy (non-hydrogen) atoms. The van der Waals surface area contributed by atoms with Gasteiger partial charge in [-0.2, -0.15) is 4.39 Å². The van der Waals surface area contributed by atoms with Crippen LogP contribution in [0.3, 0.4) is 0 Å². The maximum Gasteiger partial charge on any atom is 0.311 e. The zero-order valence-corrected chi connectivity index (χ0v) is 6.95. The molecule has 1 heterocycles. The van der Waals surface area contributed by atoms with Crippen molar-refractivity contribution in [1.82, 2.24) is 4.98 Å². The molecule has 0 atom stereocenters. The van der Waals surface area contributed by atoms with Gasteiger partial charge >= 0.3 is 5.97 Å². The lowest BCUT2D eigenvalue weighted by atomic mass is 10.3. The summed E-state index contributed by atoms with van der Waals surface area (Å²) in [5, 5.41) is 8.78. The standard InChI is InChI=1S/C8H8FNO3/c1-13-7(12)4-5-2-3-6(11)8(9)10-5/h2-3,11H,4H2,1H3. The van der Waals surface area contributed by atoms with Gasteiger partial charge in [0.1, 0.15) is 0 Å². The number of nitrogens with zero attached hydrogens (tertiary/aromatic N) is 1. The Labute approximate surface area is 74.0 Å². The molecule has 0 radical (unpaired) electrons.